The Morgan fingerprint density at radius 2 is 1.45 bits per heavy atom. The highest BCUT2D eigenvalue weighted by Gasteiger charge is 2.07. The maximum Gasteiger partial charge on any atom is 0.0719 e. The van der Waals surface area contributed by atoms with Crippen LogP contribution in [0, 0.1) is 6.92 Å². The number of ether oxygens (including phenoxy) is 1. The van der Waals surface area contributed by atoms with E-state index in [-0.39, 0.29) is 0 Å². The van der Waals surface area contributed by atoms with Gasteiger partial charge in [-0.15, -0.1) is 0 Å². The number of benzene rings is 3. The summed E-state index contributed by atoms with van der Waals surface area (Å²) in [5.41, 5.74) is 7.54. The lowest BCUT2D eigenvalue weighted by atomic mass is 9.94. The molecule has 0 heterocycles. The van der Waals surface area contributed by atoms with Crippen LogP contribution in [-0.2, 0) is 11.3 Å². The summed E-state index contributed by atoms with van der Waals surface area (Å²) in [6.45, 7) is 2.81. The van der Waals surface area contributed by atoms with E-state index in [0.29, 0.717) is 6.61 Å². The maximum atomic E-state index is 5.31. The van der Waals surface area contributed by atoms with Gasteiger partial charge < -0.3 is 4.74 Å². The van der Waals surface area contributed by atoms with E-state index in [0.717, 1.165) is 0 Å². The molecule has 3 aromatic rings. The Morgan fingerprint density at radius 1 is 0.727 bits per heavy atom. The van der Waals surface area contributed by atoms with Crippen LogP contribution < -0.4 is 0 Å². The molecular formula is C21H20O. The van der Waals surface area contributed by atoms with Crippen LogP contribution in [-0.4, -0.2) is 7.11 Å². The topological polar surface area (TPSA) is 9.23 Å². The molecule has 0 radical (unpaired) electrons. The summed E-state index contributed by atoms with van der Waals surface area (Å²) in [4.78, 5) is 0. The Labute approximate surface area is 132 Å². The summed E-state index contributed by atoms with van der Waals surface area (Å²) in [6.07, 6.45) is 0. The average molecular weight is 288 g/mol. The minimum absolute atomic E-state index is 0.635. The molecule has 1 nitrogen and oxygen atoms in total. The number of hydrogen-bond donors (Lipinski definition) is 0. The Balaban J connectivity index is 2.03. The SMILES string of the molecule is COCc1ccccc1-c1ccc(-c2ccccc2)c(C)c1. The third-order valence-electron chi connectivity index (χ3n) is 3.94. The molecule has 0 saturated heterocycles. The first kappa shape index (κ1) is 14.6. The predicted molar refractivity (Wildman–Crippen MR) is 92.8 cm³/mol. The van der Waals surface area contributed by atoms with E-state index in [4.69, 9.17) is 4.74 Å². The van der Waals surface area contributed by atoms with Gasteiger partial charge in [-0.1, -0.05) is 72.8 Å². The van der Waals surface area contributed by atoms with Crippen LogP contribution in [0.4, 0.5) is 0 Å². The zero-order chi connectivity index (χ0) is 15.4. The largest absolute Gasteiger partial charge is 0.380 e. The fourth-order valence-electron chi connectivity index (χ4n) is 2.86. The zero-order valence-corrected chi connectivity index (χ0v) is 13.0. The van der Waals surface area contributed by atoms with E-state index in [1.165, 1.54) is 33.4 Å². The lowest BCUT2D eigenvalue weighted by Gasteiger charge is -2.12. The summed E-state index contributed by atoms with van der Waals surface area (Å²) in [5.74, 6) is 0. The molecule has 0 saturated carbocycles. The molecule has 110 valence electrons. The van der Waals surface area contributed by atoms with E-state index in [9.17, 15) is 0 Å². The fraction of sp³-hybridized carbons (Fsp3) is 0.143. The van der Waals surface area contributed by atoms with Gasteiger partial charge in [-0.3, -0.25) is 0 Å². The fourth-order valence-corrected chi connectivity index (χ4v) is 2.86. The van der Waals surface area contributed by atoms with Gasteiger partial charge in [-0.2, -0.15) is 0 Å². The van der Waals surface area contributed by atoms with Crippen molar-refractivity contribution in [1.29, 1.82) is 0 Å². The molecule has 0 amide bonds. The molecule has 3 aromatic carbocycles. The maximum absolute atomic E-state index is 5.31. The number of hydrogen-bond acceptors (Lipinski definition) is 1. The van der Waals surface area contributed by atoms with E-state index >= 15 is 0 Å². The minimum atomic E-state index is 0.635. The third-order valence-corrected chi connectivity index (χ3v) is 3.94. The second-order valence-electron chi connectivity index (χ2n) is 5.49. The molecule has 0 bridgehead atoms. The Kier molecular flexibility index (Phi) is 4.36. The van der Waals surface area contributed by atoms with Crippen LogP contribution in [0.3, 0.4) is 0 Å². The summed E-state index contributed by atoms with van der Waals surface area (Å²) in [6, 6.07) is 25.6. The van der Waals surface area contributed by atoms with Gasteiger partial charge in [0.25, 0.3) is 0 Å². The van der Waals surface area contributed by atoms with Gasteiger partial charge in [0.2, 0.25) is 0 Å². The van der Waals surface area contributed by atoms with Gasteiger partial charge in [-0.05, 0) is 40.3 Å². The standard InChI is InChI=1S/C21H20O/c1-16-14-18(21-11-7-6-10-19(21)15-22-2)12-13-20(16)17-8-4-3-5-9-17/h3-14H,15H2,1-2H3. The molecule has 0 aliphatic heterocycles. The van der Waals surface area contributed by atoms with Crippen LogP contribution >= 0.6 is 0 Å². The number of aryl methyl sites for hydroxylation is 1. The van der Waals surface area contributed by atoms with E-state index in [1.807, 2.05) is 6.07 Å². The highest BCUT2D eigenvalue weighted by Crippen LogP contribution is 2.30. The van der Waals surface area contributed by atoms with Gasteiger partial charge >= 0.3 is 0 Å². The highest BCUT2D eigenvalue weighted by molar-refractivity contribution is 5.74. The summed E-state index contributed by atoms with van der Waals surface area (Å²) in [7, 11) is 1.74. The monoisotopic (exact) mass is 288 g/mol. The van der Waals surface area contributed by atoms with Gasteiger partial charge in [-0.25, -0.2) is 0 Å². The molecule has 0 aliphatic rings. The van der Waals surface area contributed by atoms with Gasteiger partial charge in [0.05, 0.1) is 6.61 Å². The normalized spacial score (nSPS) is 10.6. The quantitative estimate of drug-likeness (QED) is 0.618. The van der Waals surface area contributed by atoms with Crippen molar-refractivity contribution < 1.29 is 4.74 Å². The second kappa shape index (κ2) is 6.59. The molecule has 0 unspecified atom stereocenters. The first-order valence-electron chi connectivity index (χ1n) is 7.53. The van der Waals surface area contributed by atoms with E-state index < -0.39 is 0 Å². The summed E-state index contributed by atoms with van der Waals surface area (Å²) < 4.78 is 5.31. The van der Waals surface area contributed by atoms with Crippen molar-refractivity contribution in [3.05, 3.63) is 83.9 Å². The smallest absolute Gasteiger partial charge is 0.0719 e. The number of methoxy groups -OCH3 is 1. The minimum Gasteiger partial charge on any atom is -0.380 e. The van der Waals surface area contributed by atoms with Crippen molar-refractivity contribution in [1.82, 2.24) is 0 Å². The molecule has 0 aromatic heterocycles. The van der Waals surface area contributed by atoms with Crippen LogP contribution in [0.2, 0.25) is 0 Å². The van der Waals surface area contributed by atoms with Crippen molar-refractivity contribution >= 4 is 0 Å². The second-order valence-corrected chi connectivity index (χ2v) is 5.49. The molecule has 0 atom stereocenters. The summed E-state index contributed by atoms with van der Waals surface area (Å²) >= 11 is 0. The lowest BCUT2D eigenvalue weighted by molar-refractivity contribution is 0.185. The van der Waals surface area contributed by atoms with Crippen molar-refractivity contribution in [2.75, 3.05) is 7.11 Å². The highest BCUT2D eigenvalue weighted by atomic mass is 16.5. The summed E-state index contributed by atoms with van der Waals surface area (Å²) in [5, 5.41) is 0. The predicted octanol–water partition coefficient (Wildman–Crippen LogP) is 5.48. The average Bonchev–Trinajstić information content (AvgIpc) is 2.56. The van der Waals surface area contributed by atoms with Crippen molar-refractivity contribution in [2.24, 2.45) is 0 Å². The molecule has 22 heavy (non-hydrogen) atoms. The van der Waals surface area contributed by atoms with Crippen molar-refractivity contribution in [2.45, 2.75) is 13.5 Å². The molecule has 3 rings (SSSR count). The third kappa shape index (κ3) is 2.95. The molecular weight excluding hydrogens is 268 g/mol. The van der Waals surface area contributed by atoms with E-state index in [1.54, 1.807) is 7.11 Å². The van der Waals surface area contributed by atoms with Gasteiger partial charge in [0.15, 0.2) is 0 Å². The lowest BCUT2D eigenvalue weighted by Crippen LogP contribution is -1.92. The Bertz CT molecular complexity index is 760. The van der Waals surface area contributed by atoms with Crippen LogP contribution in [0.5, 0.6) is 0 Å². The first-order chi connectivity index (χ1) is 10.8. The molecule has 1 heteroatoms. The van der Waals surface area contributed by atoms with Gasteiger partial charge in [0, 0.05) is 7.11 Å². The van der Waals surface area contributed by atoms with E-state index in [2.05, 4.69) is 73.7 Å². The molecule has 0 fully saturated rings. The molecule has 0 spiro atoms. The van der Waals surface area contributed by atoms with Crippen LogP contribution in [0.15, 0.2) is 72.8 Å². The molecule has 0 N–H and O–H groups in total. The van der Waals surface area contributed by atoms with Gasteiger partial charge in [0.1, 0.15) is 0 Å². The first-order valence-corrected chi connectivity index (χ1v) is 7.53. The van der Waals surface area contributed by atoms with Crippen LogP contribution in [0.1, 0.15) is 11.1 Å². The zero-order valence-electron chi connectivity index (χ0n) is 13.0. The Hall–Kier alpha value is -2.38. The van der Waals surface area contributed by atoms with Crippen molar-refractivity contribution in [3.63, 3.8) is 0 Å². The van der Waals surface area contributed by atoms with Crippen LogP contribution in [0.25, 0.3) is 22.3 Å². The molecule has 0 aliphatic carbocycles. The Morgan fingerprint density at radius 3 is 2.18 bits per heavy atom. The number of rotatable bonds is 4. The van der Waals surface area contributed by atoms with Crippen molar-refractivity contribution in [3.8, 4) is 22.3 Å².